The molecule has 4 heterocycles. The van der Waals surface area contributed by atoms with Gasteiger partial charge in [-0.2, -0.15) is 13.9 Å². The molecule has 32 heavy (non-hydrogen) atoms. The van der Waals surface area contributed by atoms with Gasteiger partial charge >= 0.3 is 12.5 Å². The van der Waals surface area contributed by atoms with Crippen LogP contribution in [0.2, 0.25) is 0 Å². The molecule has 0 saturated carbocycles. The Morgan fingerprint density at radius 3 is 2.72 bits per heavy atom. The molecule has 2 aromatic heterocycles. The summed E-state index contributed by atoms with van der Waals surface area (Å²) in [6, 6.07) is 3.26. The smallest absolute Gasteiger partial charge is 0.341 e. The predicted octanol–water partition coefficient (Wildman–Crippen LogP) is 4.16. The summed E-state index contributed by atoms with van der Waals surface area (Å²) in [7, 11) is 0. The number of aromatic carboxylic acids is 1. The molecule has 0 aliphatic carbocycles. The van der Waals surface area contributed by atoms with Gasteiger partial charge in [-0.3, -0.25) is 4.79 Å². The molecule has 166 valence electrons. The van der Waals surface area contributed by atoms with E-state index in [0.717, 1.165) is 16.7 Å². The van der Waals surface area contributed by atoms with E-state index in [-0.39, 0.29) is 17.5 Å². The van der Waals surface area contributed by atoms with Gasteiger partial charge in [0.25, 0.3) is 0 Å². The molecule has 1 atom stereocenters. The third-order valence-electron chi connectivity index (χ3n) is 6.29. The van der Waals surface area contributed by atoms with E-state index in [9.17, 15) is 23.5 Å². The zero-order valence-corrected chi connectivity index (χ0v) is 17.5. The molecule has 7 nitrogen and oxygen atoms in total. The maximum absolute atomic E-state index is 13.1. The van der Waals surface area contributed by atoms with Crippen molar-refractivity contribution in [3.8, 4) is 28.1 Å². The Labute approximate surface area is 181 Å². The second-order valence-corrected chi connectivity index (χ2v) is 8.52. The quantitative estimate of drug-likeness (QED) is 0.657. The second-order valence-electron chi connectivity index (χ2n) is 8.52. The number of carbonyl (C=O) groups is 1. The molecule has 0 radical (unpaired) electrons. The summed E-state index contributed by atoms with van der Waals surface area (Å²) in [4.78, 5) is 24.1. The largest absolute Gasteiger partial charge is 0.492 e. The van der Waals surface area contributed by atoms with Gasteiger partial charge in [0.15, 0.2) is 5.43 Å². The van der Waals surface area contributed by atoms with Gasteiger partial charge in [-0.15, -0.1) is 0 Å². The number of aromatic nitrogens is 3. The number of ether oxygens (including phenoxy) is 1. The Balaban J connectivity index is 1.77. The highest BCUT2D eigenvalue weighted by Gasteiger charge is 2.33. The number of benzene rings is 1. The topological polar surface area (TPSA) is 86.4 Å². The lowest BCUT2D eigenvalue weighted by Gasteiger charge is -2.34. The molecule has 0 fully saturated rings. The van der Waals surface area contributed by atoms with Crippen molar-refractivity contribution >= 4 is 5.97 Å². The minimum Gasteiger partial charge on any atom is -0.492 e. The molecule has 0 unspecified atom stereocenters. The number of halogens is 2. The molecule has 9 heteroatoms. The summed E-state index contributed by atoms with van der Waals surface area (Å²) >= 11 is 0. The van der Waals surface area contributed by atoms with Crippen LogP contribution < -0.4 is 10.2 Å². The van der Waals surface area contributed by atoms with Gasteiger partial charge in [0.05, 0.1) is 18.5 Å². The van der Waals surface area contributed by atoms with E-state index in [1.807, 2.05) is 24.5 Å². The van der Waals surface area contributed by atoms with Crippen molar-refractivity contribution < 1.29 is 23.4 Å². The Morgan fingerprint density at radius 1 is 1.28 bits per heavy atom. The third-order valence-corrected chi connectivity index (χ3v) is 6.29. The zero-order chi connectivity index (χ0) is 22.7. The number of hydrogen-bond donors (Lipinski definition) is 1. The number of carboxylic acids is 1. The van der Waals surface area contributed by atoms with Crippen LogP contribution in [0.1, 0.15) is 47.9 Å². The number of carboxylic acid groups (broad SMARTS) is 1. The minimum atomic E-state index is -2.73. The van der Waals surface area contributed by atoms with Crippen molar-refractivity contribution in [2.45, 2.75) is 39.3 Å². The van der Waals surface area contributed by atoms with Crippen LogP contribution in [0, 0.1) is 5.92 Å². The Morgan fingerprint density at radius 2 is 2.06 bits per heavy atom. The average Bonchev–Trinajstić information content (AvgIpc) is 3.41. The van der Waals surface area contributed by atoms with E-state index in [1.165, 1.54) is 24.7 Å². The highest BCUT2D eigenvalue weighted by atomic mass is 19.3. The molecule has 0 amide bonds. The maximum Gasteiger partial charge on any atom is 0.341 e. The van der Waals surface area contributed by atoms with E-state index in [1.54, 1.807) is 0 Å². The van der Waals surface area contributed by atoms with Crippen LogP contribution in [-0.2, 0) is 12.8 Å². The number of nitrogens with zero attached hydrogens (tertiary/aromatic N) is 3. The lowest BCUT2D eigenvalue weighted by Crippen LogP contribution is -2.28. The Kier molecular flexibility index (Phi) is 4.65. The van der Waals surface area contributed by atoms with Gasteiger partial charge in [-0.05, 0) is 24.0 Å². The normalized spacial score (nSPS) is 16.6. The van der Waals surface area contributed by atoms with Gasteiger partial charge in [-0.1, -0.05) is 13.8 Å². The number of pyridine rings is 1. The van der Waals surface area contributed by atoms with Crippen molar-refractivity contribution in [2.75, 3.05) is 6.61 Å². The highest BCUT2D eigenvalue weighted by Crippen LogP contribution is 2.48. The molecule has 0 spiro atoms. The summed E-state index contributed by atoms with van der Waals surface area (Å²) in [5, 5.41) is 13.2. The fraction of sp³-hybridized carbons (Fsp3) is 0.348. The first-order chi connectivity index (χ1) is 15.3. The summed E-state index contributed by atoms with van der Waals surface area (Å²) < 4.78 is 34.5. The molecule has 0 saturated heterocycles. The fourth-order valence-electron chi connectivity index (χ4n) is 4.78. The molecule has 3 aromatic rings. The Bertz CT molecular complexity index is 1310. The van der Waals surface area contributed by atoms with Crippen LogP contribution in [0.3, 0.4) is 0 Å². The Hall–Kier alpha value is -3.49. The standard InChI is InChI=1S/C23H21F2N3O4/c1-11(2)17-6-12-5-15(13-8-26-28(9-13)23(24)25)21-14(3-4-32-21)20(12)18-7-19(29)16(22(30)31)10-27(17)18/h5,7-11,17,23H,3-4,6H2,1-2H3,(H,30,31)/t17-/m1/s1. The van der Waals surface area contributed by atoms with Crippen LogP contribution in [0.5, 0.6) is 5.75 Å². The summed E-state index contributed by atoms with van der Waals surface area (Å²) in [6.07, 6.45) is 5.36. The minimum absolute atomic E-state index is 0.0618. The van der Waals surface area contributed by atoms with Crippen LogP contribution >= 0.6 is 0 Å². The number of alkyl halides is 2. The average molecular weight is 441 g/mol. The lowest BCUT2D eigenvalue weighted by atomic mass is 9.82. The summed E-state index contributed by atoms with van der Waals surface area (Å²) in [6.45, 7) is 1.79. The molecule has 1 N–H and O–H groups in total. The van der Waals surface area contributed by atoms with E-state index in [4.69, 9.17) is 4.74 Å². The molecular formula is C23H21F2N3O4. The first-order valence-electron chi connectivity index (χ1n) is 10.4. The van der Waals surface area contributed by atoms with Gasteiger partial charge in [-0.25, -0.2) is 9.48 Å². The lowest BCUT2D eigenvalue weighted by molar-refractivity contribution is 0.0566. The van der Waals surface area contributed by atoms with Crippen molar-refractivity contribution in [1.82, 2.24) is 14.3 Å². The maximum atomic E-state index is 13.1. The molecular weight excluding hydrogens is 420 g/mol. The summed E-state index contributed by atoms with van der Waals surface area (Å²) in [5.74, 6) is -0.485. The monoisotopic (exact) mass is 441 g/mol. The third kappa shape index (κ3) is 3.03. The van der Waals surface area contributed by atoms with E-state index in [0.29, 0.717) is 46.7 Å². The molecule has 5 rings (SSSR count). The van der Waals surface area contributed by atoms with Crippen molar-refractivity contribution in [3.63, 3.8) is 0 Å². The second kappa shape index (κ2) is 7.29. The first kappa shape index (κ1) is 20.4. The molecule has 0 bridgehead atoms. The zero-order valence-electron chi connectivity index (χ0n) is 17.5. The van der Waals surface area contributed by atoms with Crippen molar-refractivity contribution in [1.29, 1.82) is 0 Å². The molecule has 1 aromatic carbocycles. The van der Waals surface area contributed by atoms with Gasteiger partial charge in [0.2, 0.25) is 0 Å². The SMILES string of the molecule is CC(C)[C@H]1Cc2cc(-c3cnn(C(F)F)c3)c3c(c2-c2cc(=O)c(C(=O)O)cn21)CCO3. The van der Waals surface area contributed by atoms with E-state index < -0.39 is 17.9 Å². The van der Waals surface area contributed by atoms with Gasteiger partial charge < -0.3 is 14.4 Å². The van der Waals surface area contributed by atoms with Crippen molar-refractivity contribution in [2.24, 2.45) is 5.92 Å². The molecule has 2 aliphatic rings. The highest BCUT2D eigenvalue weighted by molar-refractivity contribution is 5.88. The van der Waals surface area contributed by atoms with Gasteiger partial charge in [0.1, 0.15) is 11.3 Å². The van der Waals surface area contributed by atoms with Crippen molar-refractivity contribution in [3.05, 3.63) is 57.6 Å². The van der Waals surface area contributed by atoms with Gasteiger partial charge in [0, 0.05) is 53.2 Å². The fourth-order valence-corrected chi connectivity index (χ4v) is 4.78. The number of hydrogen-bond acceptors (Lipinski definition) is 4. The predicted molar refractivity (Wildman–Crippen MR) is 112 cm³/mol. The van der Waals surface area contributed by atoms with Crippen LogP contribution in [0.15, 0.2) is 35.5 Å². The first-order valence-corrected chi connectivity index (χ1v) is 10.4. The number of fused-ring (bicyclic) bond motifs is 5. The summed E-state index contributed by atoms with van der Waals surface area (Å²) in [5.41, 5.74) is 3.85. The van der Waals surface area contributed by atoms with Crippen LogP contribution in [0.4, 0.5) is 8.78 Å². The van der Waals surface area contributed by atoms with Crippen LogP contribution in [0.25, 0.3) is 22.4 Å². The van der Waals surface area contributed by atoms with Crippen LogP contribution in [-0.4, -0.2) is 32.0 Å². The van der Waals surface area contributed by atoms with E-state index >= 15 is 0 Å². The number of rotatable bonds is 4. The molecule has 2 aliphatic heterocycles. The van der Waals surface area contributed by atoms with E-state index in [2.05, 4.69) is 5.10 Å².